The number of rotatable bonds is 3. The highest BCUT2D eigenvalue weighted by molar-refractivity contribution is 5.96. The fourth-order valence-corrected chi connectivity index (χ4v) is 2.24. The Balaban J connectivity index is 2.02. The molecule has 2 rings (SSSR count). The van der Waals surface area contributed by atoms with E-state index >= 15 is 0 Å². The largest absolute Gasteiger partial charge is 0.352 e. The number of hydrogen-bond acceptors (Lipinski definition) is 3. The lowest BCUT2D eigenvalue weighted by Crippen LogP contribution is -2.38. The Morgan fingerprint density at radius 2 is 2.33 bits per heavy atom. The van der Waals surface area contributed by atoms with E-state index < -0.39 is 0 Å². The van der Waals surface area contributed by atoms with E-state index in [0.29, 0.717) is 18.5 Å². The summed E-state index contributed by atoms with van der Waals surface area (Å²) in [6.45, 7) is 2.62. The minimum Gasteiger partial charge on any atom is -0.352 e. The first kappa shape index (κ1) is 15.1. The van der Waals surface area contributed by atoms with Crippen LogP contribution in [0.3, 0.4) is 0 Å². The van der Waals surface area contributed by atoms with Gasteiger partial charge in [-0.1, -0.05) is 17.9 Å². The van der Waals surface area contributed by atoms with Gasteiger partial charge in [0.15, 0.2) is 0 Å². The molecular weight excluding hydrogens is 266 g/mol. The van der Waals surface area contributed by atoms with Crippen LogP contribution in [0.2, 0.25) is 0 Å². The second-order valence-corrected chi connectivity index (χ2v) is 5.05. The SMILES string of the molecule is Cc1ccc(C#CCN)cc1C(=O)NCC1CCC(=O)N1. The van der Waals surface area contributed by atoms with Crippen molar-refractivity contribution >= 4 is 11.8 Å². The van der Waals surface area contributed by atoms with Gasteiger partial charge in [-0.15, -0.1) is 0 Å². The number of nitrogens with two attached hydrogens (primary N) is 1. The van der Waals surface area contributed by atoms with Gasteiger partial charge in [0.2, 0.25) is 5.91 Å². The fourth-order valence-electron chi connectivity index (χ4n) is 2.24. The van der Waals surface area contributed by atoms with E-state index in [1.165, 1.54) is 0 Å². The Hall–Kier alpha value is -2.32. The molecule has 21 heavy (non-hydrogen) atoms. The third-order valence-electron chi connectivity index (χ3n) is 3.41. The molecule has 5 heteroatoms. The molecule has 1 aliphatic heterocycles. The predicted molar refractivity (Wildman–Crippen MR) is 80.6 cm³/mol. The summed E-state index contributed by atoms with van der Waals surface area (Å²) in [7, 11) is 0. The maximum absolute atomic E-state index is 12.2. The van der Waals surface area contributed by atoms with Crippen LogP contribution in [0.4, 0.5) is 0 Å². The molecule has 1 fully saturated rings. The zero-order valence-corrected chi connectivity index (χ0v) is 12.0. The number of nitrogens with one attached hydrogen (secondary N) is 2. The summed E-state index contributed by atoms with van der Waals surface area (Å²) >= 11 is 0. The Morgan fingerprint density at radius 3 is 3.00 bits per heavy atom. The number of amides is 2. The highest BCUT2D eigenvalue weighted by atomic mass is 16.2. The minimum absolute atomic E-state index is 0.0296. The van der Waals surface area contributed by atoms with Gasteiger partial charge in [-0.05, 0) is 31.0 Å². The second kappa shape index (κ2) is 6.91. The molecule has 4 N–H and O–H groups in total. The molecule has 0 saturated carbocycles. The van der Waals surface area contributed by atoms with Crippen molar-refractivity contribution in [2.24, 2.45) is 5.73 Å². The van der Waals surface area contributed by atoms with E-state index in [-0.39, 0.29) is 24.4 Å². The Morgan fingerprint density at radius 1 is 1.52 bits per heavy atom. The molecule has 1 atom stereocenters. The standard InChI is InChI=1S/C16H19N3O2/c1-11-4-5-12(3-2-8-17)9-14(11)16(21)18-10-13-6-7-15(20)19-13/h4-5,9,13H,6-8,10,17H2,1H3,(H,18,21)(H,19,20). The van der Waals surface area contributed by atoms with Gasteiger partial charge >= 0.3 is 0 Å². The van der Waals surface area contributed by atoms with Gasteiger partial charge in [-0.25, -0.2) is 0 Å². The Bertz CT molecular complexity index is 614. The minimum atomic E-state index is -0.148. The highest BCUT2D eigenvalue weighted by Gasteiger charge is 2.21. The van der Waals surface area contributed by atoms with Crippen LogP contribution < -0.4 is 16.4 Å². The molecule has 0 radical (unpaired) electrons. The number of benzene rings is 1. The van der Waals surface area contributed by atoms with Gasteiger partial charge in [0, 0.05) is 30.1 Å². The van der Waals surface area contributed by atoms with Crippen LogP contribution >= 0.6 is 0 Å². The van der Waals surface area contributed by atoms with Crippen LogP contribution in [-0.4, -0.2) is 30.9 Å². The average molecular weight is 285 g/mol. The third-order valence-corrected chi connectivity index (χ3v) is 3.41. The number of carbonyl (C=O) groups is 2. The summed E-state index contributed by atoms with van der Waals surface area (Å²) in [6.07, 6.45) is 1.30. The van der Waals surface area contributed by atoms with Gasteiger partial charge in [0.1, 0.15) is 0 Å². The fraction of sp³-hybridized carbons (Fsp3) is 0.375. The number of carbonyl (C=O) groups excluding carboxylic acids is 2. The Kier molecular flexibility index (Phi) is 4.96. The molecule has 0 bridgehead atoms. The van der Waals surface area contributed by atoms with E-state index in [1.54, 1.807) is 6.07 Å². The Labute approximate surface area is 124 Å². The van der Waals surface area contributed by atoms with Crippen LogP contribution in [0.1, 0.15) is 34.3 Å². The molecular formula is C16H19N3O2. The summed E-state index contributed by atoms with van der Waals surface area (Å²) < 4.78 is 0. The summed E-state index contributed by atoms with van der Waals surface area (Å²) in [5.41, 5.74) is 7.60. The van der Waals surface area contributed by atoms with E-state index in [0.717, 1.165) is 17.5 Å². The predicted octanol–water partition coefficient (Wildman–Crippen LogP) is 0.314. The summed E-state index contributed by atoms with van der Waals surface area (Å²) in [5.74, 6) is 5.59. The lowest BCUT2D eigenvalue weighted by atomic mass is 10.0. The van der Waals surface area contributed by atoms with Gasteiger partial charge in [-0.2, -0.15) is 0 Å². The first-order chi connectivity index (χ1) is 10.1. The normalized spacial score (nSPS) is 16.9. The molecule has 0 aliphatic carbocycles. The van der Waals surface area contributed by atoms with E-state index in [1.807, 2.05) is 19.1 Å². The molecule has 0 spiro atoms. The molecule has 1 aromatic rings. The van der Waals surface area contributed by atoms with Gasteiger partial charge in [0.05, 0.1) is 6.54 Å². The lowest BCUT2D eigenvalue weighted by molar-refractivity contribution is -0.119. The molecule has 2 amide bonds. The molecule has 0 aromatic heterocycles. The summed E-state index contributed by atoms with van der Waals surface area (Å²) in [6, 6.07) is 5.53. The zero-order chi connectivity index (χ0) is 15.2. The molecule has 1 aromatic carbocycles. The molecule has 1 unspecified atom stereocenters. The van der Waals surface area contributed by atoms with E-state index in [9.17, 15) is 9.59 Å². The van der Waals surface area contributed by atoms with Crippen LogP contribution in [0.15, 0.2) is 18.2 Å². The quantitative estimate of drug-likeness (QED) is 0.699. The third kappa shape index (κ3) is 4.07. The van der Waals surface area contributed by atoms with Crippen LogP contribution in [0.25, 0.3) is 0 Å². The maximum atomic E-state index is 12.2. The number of hydrogen-bond donors (Lipinski definition) is 3. The van der Waals surface area contributed by atoms with Crippen molar-refractivity contribution in [3.05, 3.63) is 34.9 Å². The van der Waals surface area contributed by atoms with Crippen molar-refractivity contribution < 1.29 is 9.59 Å². The van der Waals surface area contributed by atoms with E-state index in [2.05, 4.69) is 22.5 Å². The van der Waals surface area contributed by atoms with Crippen molar-refractivity contribution in [2.45, 2.75) is 25.8 Å². The van der Waals surface area contributed by atoms with Crippen molar-refractivity contribution in [3.63, 3.8) is 0 Å². The number of aryl methyl sites for hydroxylation is 1. The van der Waals surface area contributed by atoms with Crippen LogP contribution in [0, 0.1) is 18.8 Å². The van der Waals surface area contributed by atoms with Gasteiger partial charge in [-0.3, -0.25) is 9.59 Å². The maximum Gasteiger partial charge on any atom is 0.251 e. The highest BCUT2D eigenvalue weighted by Crippen LogP contribution is 2.11. The molecule has 1 heterocycles. The average Bonchev–Trinajstić information content (AvgIpc) is 2.89. The lowest BCUT2D eigenvalue weighted by Gasteiger charge is -2.12. The summed E-state index contributed by atoms with van der Waals surface area (Å²) in [5, 5.41) is 5.68. The molecule has 1 saturated heterocycles. The van der Waals surface area contributed by atoms with Crippen LogP contribution in [0.5, 0.6) is 0 Å². The van der Waals surface area contributed by atoms with Gasteiger partial charge in [0.25, 0.3) is 5.91 Å². The van der Waals surface area contributed by atoms with Crippen molar-refractivity contribution in [2.75, 3.05) is 13.1 Å². The van der Waals surface area contributed by atoms with Crippen molar-refractivity contribution in [1.82, 2.24) is 10.6 Å². The topological polar surface area (TPSA) is 84.2 Å². The van der Waals surface area contributed by atoms with E-state index in [4.69, 9.17) is 5.73 Å². The van der Waals surface area contributed by atoms with Gasteiger partial charge < -0.3 is 16.4 Å². The molecule has 1 aliphatic rings. The first-order valence-corrected chi connectivity index (χ1v) is 6.97. The first-order valence-electron chi connectivity index (χ1n) is 6.97. The van der Waals surface area contributed by atoms with Crippen molar-refractivity contribution in [1.29, 1.82) is 0 Å². The molecule has 5 nitrogen and oxygen atoms in total. The monoisotopic (exact) mass is 285 g/mol. The smallest absolute Gasteiger partial charge is 0.251 e. The summed E-state index contributed by atoms with van der Waals surface area (Å²) in [4.78, 5) is 23.4. The van der Waals surface area contributed by atoms with Crippen LogP contribution in [-0.2, 0) is 4.79 Å². The van der Waals surface area contributed by atoms with Crippen molar-refractivity contribution in [3.8, 4) is 11.8 Å². The second-order valence-electron chi connectivity index (χ2n) is 5.05. The molecule has 110 valence electrons. The zero-order valence-electron chi connectivity index (χ0n) is 12.0.